The summed E-state index contributed by atoms with van der Waals surface area (Å²) in [6.45, 7) is 1.80. The van der Waals surface area contributed by atoms with Crippen LogP contribution in [0.3, 0.4) is 0 Å². The molecule has 0 bridgehead atoms. The third kappa shape index (κ3) is 3.36. The Morgan fingerprint density at radius 2 is 1.68 bits per heavy atom. The minimum Gasteiger partial charge on any atom is -0.493 e. The molecule has 0 amide bonds. The van der Waals surface area contributed by atoms with Crippen molar-refractivity contribution >= 4 is 17.2 Å². The van der Waals surface area contributed by atoms with E-state index in [4.69, 9.17) is 26.8 Å². The zero-order chi connectivity index (χ0) is 22.8. The van der Waals surface area contributed by atoms with Gasteiger partial charge in [-0.1, -0.05) is 35.4 Å². The van der Waals surface area contributed by atoms with Gasteiger partial charge in [-0.3, -0.25) is 0 Å². The second kappa shape index (κ2) is 8.44. The number of allylic oxidation sites excluding steroid dienone is 4. The first-order valence-electron chi connectivity index (χ1n) is 9.30. The summed E-state index contributed by atoms with van der Waals surface area (Å²) in [4.78, 5) is 0. The van der Waals surface area contributed by atoms with Crippen molar-refractivity contribution in [1.82, 2.24) is 0 Å². The molecule has 2 N–H and O–H groups in total. The van der Waals surface area contributed by atoms with Crippen LogP contribution < -0.4 is 15.2 Å². The molecule has 1 aliphatic rings. The van der Waals surface area contributed by atoms with Gasteiger partial charge in [-0.05, 0) is 42.3 Å². The Bertz CT molecular complexity index is 1230. The van der Waals surface area contributed by atoms with Crippen LogP contribution in [0.15, 0.2) is 59.3 Å². The average Bonchev–Trinajstić information content (AvgIpc) is 2.79. The molecule has 3 rings (SSSR count). The molecule has 0 fully saturated rings. The van der Waals surface area contributed by atoms with Crippen LogP contribution in [0.4, 0.5) is 0 Å². The van der Waals surface area contributed by atoms with Crippen molar-refractivity contribution in [3.8, 4) is 29.7 Å². The quantitative estimate of drug-likeness (QED) is 0.751. The van der Waals surface area contributed by atoms with Gasteiger partial charge in [0.1, 0.15) is 6.07 Å². The summed E-state index contributed by atoms with van der Waals surface area (Å²) in [7, 11) is 3.03. The van der Waals surface area contributed by atoms with Crippen molar-refractivity contribution in [2.45, 2.75) is 12.8 Å². The van der Waals surface area contributed by atoms with E-state index < -0.39 is 11.3 Å². The lowest BCUT2D eigenvalue weighted by molar-refractivity contribution is 0.353. The minimum absolute atomic E-state index is 0.0830. The van der Waals surface area contributed by atoms with Crippen LogP contribution in [0.2, 0.25) is 5.02 Å². The van der Waals surface area contributed by atoms with Crippen LogP contribution in [-0.4, -0.2) is 14.2 Å². The van der Waals surface area contributed by atoms with Crippen molar-refractivity contribution in [3.63, 3.8) is 0 Å². The monoisotopic (exact) mass is 430 g/mol. The Morgan fingerprint density at radius 3 is 2.23 bits per heavy atom. The zero-order valence-corrected chi connectivity index (χ0v) is 18.0. The highest BCUT2D eigenvalue weighted by Gasteiger charge is 2.50. The smallest absolute Gasteiger partial charge is 0.194 e. The fourth-order valence-corrected chi connectivity index (χ4v) is 4.28. The lowest BCUT2D eigenvalue weighted by atomic mass is 9.62. The molecule has 0 radical (unpaired) electrons. The van der Waals surface area contributed by atoms with Crippen molar-refractivity contribution in [1.29, 1.82) is 15.8 Å². The molecule has 0 spiro atoms. The molecule has 1 aliphatic carbocycles. The lowest BCUT2D eigenvalue weighted by Gasteiger charge is -2.37. The van der Waals surface area contributed by atoms with Crippen molar-refractivity contribution in [2.75, 3.05) is 14.2 Å². The molecule has 2 aromatic rings. The highest BCUT2D eigenvalue weighted by Crippen LogP contribution is 2.53. The minimum atomic E-state index is -1.77. The maximum absolute atomic E-state index is 10.1. The van der Waals surface area contributed by atoms with Crippen molar-refractivity contribution in [3.05, 3.63) is 75.5 Å². The van der Waals surface area contributed by atoms with Crippen LogP contribution in [0.1, 0.15) is 24.0 Å². The van der Waals surface area contributed by atoms with Crippen LogP contribution in [0.5, 0.6) is 11.5 Å². The predicted octanol–water partition coefficient (Wildman–Crippen LogP) is 4.70. The summed E-state index contributed by atoms with van der Waals surface area (Å²) in [5.41, 5.74) is 7.14. The lowest BCUT2D eigenvalue weighted by Crippen LogP contribution is -2.37. The summed E-state index contributed by atoms with van der Waals surface area (Å²) in [6.07, 6.45) is 0. The van der Waals surface area contributed by atoms with E-state index in [0.29, 0.717) is 38.8 Å². The van der Waals surface area contributed by atoms with Gasteiger partial charge in [0.25, 0.3) is 0 Å². The molecule has 1 atom stereocenters. The molecule has 31 heavy (non-hydrogen) atoms. The molecule has 6 nitrogen and oxygen atoms in total. The number of hydrogen-bond donors (Lipinski definition) is 1. The van der Waals surface area contributed by atoms with Gasteiger partial charge in [-0.15, -0.1) is 0 Å². The number of nitrogens with zero attached hydrogens (tertiary/aromatic N) is 3. The Balaban J connectivity index is 2.40. The molecule has 1 unspecified atom stereocenters. The molecule has 2 aromatic carbocycles. The molecule has 0 saturated carbocycles. The van der Waals surface area contributed by atoms with E-state index in [1.165, 1.54) is 14.2 Å². The Labute approximate surface area is 186 Å². The number of methoxy groups -OCH3 is 2. The molecule has 0 aliphatic heterocycles. The Morgan fingerprint density at radius 1 is 1.00 bits per heavy atom. The van der Waals surface area contributed by atoms with Gasteiger partial charge in [0.2, 0.25) is 0 Å². The van der Waals surface area contributed by atoms with Crippen LogP contribution in [0.25, 0.3) is 5.57 Å². The number of nitrogens with two attached hydrogens (primary N) is 1. The molecule has 154 valence electrons. The highest BCUT2D eigenvalue weighted by molar-refractivity contribution is 6.30. The first-order chi connectivity index (χ1) is 14.9. The second-order valence-electron chi connectivity index (χ2n) is 7.05. The summed E-state index contributed by atoms with van der Waals surface area (Å²) < 4.78 is 10.7. The van der Waals surface area contributed by atoms with Crippen molar-refractivity contribution in [2.24, 2.45) is 11.1 Å². The van der Waals surface area contributed by atoms with Gasteiger partial charge >= 0.3 is 0 Å². The second-order valence-corrected chi connectivity index (χ2v) is 7.48. The fourth-order valence-electron chi connectivity index (χ4n) is 4.09. The van der Waals surface area contributed by atoms with Gasteiger partial charge in [-0.2, -0.15) is 15.8 Å². The molecule has 0 saturated heterocycles. The summed E-state index contributed by atoms with van der Waals surface area (Å²) in [6, 6.07) is 18.5. The van der Waals surface area contributed by atoms with E-state index in [0.717, 1.165) is 0 Å². The third-order valence-corrected chi connectivity index (χ3v) is 5.76. The third-order valence-electron chi connectivity index (χ3n) is 5.52. The zero-order valence-electron chi connectivity index (χ0n) is 17.2. The largest absolute Gasteiger partial charge is 0.493 e. The summed E-state index contributed by atoms with van der Waals surface area (Å²) in [5.74, 6) is 0.225. The number of nitriles is 3. The fraction of sp³-hybridized carbons (Fsp3) is 0.208. The predicted molar refractivity (Wildman–Crippen MR) is 117 cm³/mol. The molecule has 7 heteroatoms. The molecular weight excluding hydrogens is 412 g/mol. The number of rotatable bonds is 4. The Kier molecular flexibility index (Phi) is 5.93. The van der Waals surface area contributed by atoms with E-state index in [1.807, 2.05) is 6.07 Å². The van der Waals surface area contributed by atoms with Crippen LogP contribution in [0, 0.1) is 39.4 Å². The first kappa shape index (κ1) is 21.8. The summed E-state index contributed by atoms with van der Waals surface area (Å²) >= 11 is 6.19. The topological polar surface area (TPSA) is 116 Å². The maximum Gasteiger partial charge on any atom is 0.194 e. The van der Waals surface area contributed by atoms with Crippen LogP contribution >= 0.6 is 11.6 Å². The number of hydrogen-bond acceptors (Lipinski definition) is 6. The highest BCUT2D eigenvalue weighted by atomic mass is 35.5. The average molecular weight is 431 g/mol. The first-order valence-corrected chi connectivity index (χ1v) is 9.68. The Hall–Kier alpha value is -3.92. The summed E-state index contributed by atoms with van der Waals surface area (Å²) in [5, 5.41) is 30.6. The number of benzene rings is 2. The van der Waals surface area contributed by atoms with E-state index >= 15 is 0 Å². The normalized spacial score (nSPS) is 17.4. The molecule has 0 aromatic heterocycles. The van der Waals surface area contributed by atoms with Gasteiger partial charge < -0.3 is 15.2 Å². The van der Waals surface area contributed by atoms with Gasteiger partial charge in [0.05, 0.1) is 37.6 Å². The van der Waals surface area contributed by atoms with E-state index in [-0.39, 0.29) is 11.3 Å². The number of halogens is 1. The van der Waals surface area contributed by atoms with E-state index in [9.17, 15) is 15.8 Å². The van der Waals surface area contributed by atoms with E-state index in [2.05, 4.69) is 18.2 Å². The van der Waals surface area contributed by atoms with Gasteiger partial charge in [0, 0.05) is 16.5 Å². The van der Waals surface area contributed by atoms with Gasteiger partial charge in [-0.25, -0.2) is 0 Å². The van der Waals surface area contributed by atoms with Crippen LogP contribution in [-0.2, 0) is 0 Å². The molecular formula is C24H19ClN4O2. The van der Waals surface area contributed by atoms with Crippen molar-refractivity contribution < 1.29 is 9.47 Å². The molecule has 0 heterocycles. The SMILES string of the molecule is COc1ccc(C2C(C)=C(c3cccc(Cl)c3)C(C#N)=C(N)C2(C#N)C#N)cc1OC. The number of ether oxygens (including phenoxy) is 2. The van der Waals surface area contributed by atoms with E-state index in [1.54, 1.807) is 43.3 Å². The standard InChI is InChI=1S/C24H19ClN4O2/c1-14-21(15-5-4-6-17(25)9-15)18(11-26)23(29)24(12-27,13-28)22(14)16-7-8-19(30-2)20(10-16)31-3/h4-10,22H,29H2,1-3H3. The van der Waals surface area contributed by atoms with Gasteiger partial charge in [0.15, 0.2) is 16.9 Å². The maximum atomic E-state index is 10.1.